The van der Waals surface area contributed by atoms with Gasteiger partial charge < -0.3 is 19.9 Å². The van der Waals surface area contributed by atoms with Crippen molar-refractivity contribution in [3.63, 3.8) is 0 Å². The van der Waals surface area contributed by atoms with E-state index in [9.17, 15) is 15.3 Å². The van der Waals surface area contributed by atoms with E-state index in [-0.39, 0.29) is 18.6 Å². The van der Waals surface area contributed by atoms with Crippen LogP contribution in [-0.2, 0) is 5.75 Å². The summed E-state index contributed by atoms with van der Waals surface area (Å²) in [6.07, 6.45) is 1.69. The van der Waals surface area contributed by atoms with Crippen molar-refractivity contribution in [3.8, 4) is 0 Å². The molecular formula is C18H20N4O3S. The summed E-state index contributed by atoms with van der Waals surface area (Å²) in [6, 6.07) is 9.76. The molecule has 7 nitrogen and oxygen atoms in total. The monoisotopic (exact) mass is 372 g/mol. The van der Waals surface area contributed by atoms with Gasteiger partial charge in [-0.2, -0.15) is 0 Å². The molecule has 26 heavy (non-hydrogen) atoms. The van der Waals surface area contributed by atoms with Gasteiger partial charge in [-0.1, -0.05) is 42.1 Å². The molecule has 3 N–H and O–H groups in total. The molecule has 0 saturated heterocycles. The lowest BCUT2D eigenvalue weighted by Gasteiger charge is -2.18. The number of hydrogen-bond donors (Lipinski definition) is 3. The van der Waals surface area contributed by atoms with Crippen LogP contribution < -0.4 is 0 Å². The molecule has 4 atom stereocenters. The third-order valence-electron chi connectivity index (χ3n) is 4.91. The summed E-state index contributed by atoms with van der Waals surface area (Å²) >= 11 is 1.59. The van der Waals surface area contributed by atoms with Crippen LogP contribution in [0.25, 0.3) is 11.2 Å². The van der Waals surface area contributed by atoms with Gasteiger partial charge >= 0.3 is 0 Å². The summed E-state index contributed by atoms with van der Waals surface area (Å²) in [5.41, 5.74) is 2.51. The van der Waals surface area contributed by atoms with E-state index < -0.39 is 12.2 Å². The zero-order valence-electron chi connectivity index (χ0n) is 14.0. The second-order valence-corrected chi connectivity index (χ2v) is 7.47. The third kappa shape index (κ3) is 3.09. The maximum Gasteiger partial charge on any atom is 0.164 e. The number of aromatic nitrogens is 4. The Kier molecular flexibility index (Phi) is 4.90. The predicted molar refractivity (Wildman–Crippen MR) is 97.6 cm³/mol. The fourth-order valence-electron chi connectivity index (χ4n) is 3.46. The molecule has 1 aliphatic carbocycles. The van der Waals surface area contributed by atoms with E-state index in [0.717, 1.165) is 10.8 Å². The highest BCUT2D eigenvalue weighted by Crippen LogP contribution is 2.37. The molecule has 1 saturated carbocycles. The van der Waals surface area contributed by atoms with Gasteiger partial charge in [0.15, 0.2) is 5.65 Å². The standard InChI is InChI=1S/C18H20N4O3S/c23-7-12-6-13(16(25)15(12)24)22-10-21-14-17(22)19-9-20-18(14)26-8-11-4-2-1-3-5-11/h1-5,9-10,12-13,15-16,23-25H,6-8H2/t12-,13-,15-,16+/m1/s1. The first-order valence-electron chi connectivity index (χ1n) is 8.50. The van der Waals surface area contributed by atoms with Crippen LogP contribution in [0.5, 0.6) is 0 Å². The van der Waals surface area contributed by atoms with Crippen molar-refractivity contribution < 1.29 is 15.3 Å². The van der Waals surface area contributed by atoms with Crippen molar-refractivity contribution in [2.24, 2.45) is 5.92 Å². The van der Waals surface area contributed by atoms with Gasteiger partial charge in [0.1, 0.15) is 23.0 Å². The minimum Gasteiger partial charge on any atom is -0.396 e. The minimum absolute atomic E-state index is 0.158. The van der Waals surface area contributed by atoms with Gasteiger partial charge in [-0.05, 0) is 12.0 Å². The summed E-state index contributed by atoms with van der Waals surface area (Å²) < 4.78 is 1.78. The quantitative estimate of drug-likeness (QED) is 0.459. The van der Waals surface area contributed by atoms with Crippen molar-refractivity contribution >= 4 is 22.9 Å². The van der Waals surface area contributed by atoms with Crippen LogP contribution in [0.2, 0.25) is 0 Å². The highest BCUT2D eigenvalue weighted by Gasteiger charge is 2.42. The van der Waals surface area contributed by atoms with Gasteiger partial charge in [0, 0.05) is 18.3 Å². The predicted octanol–water partition coefficient (Wildman–Crippen LogP) is 1.39. The lowest BCUT2D eigenvalue weighted by atomic mass is 10.1. The molecule has 2 aromatic heterocycles. The highest BCUT2D eigenvalue weighted by molar-refractivity contribution is 7.98. The molecule has 0 spiro atoms. The number of thioether (sulfide) groups is 1. The fraction of sp³-hybridized carbons (Fsp3) is 0.389. The van der Waals surface area contributed by atoms with E-state index in [1.54, 1.807) is 22.7 Å². The Morgan fingerprint density at radius 1 is 1.08 bits per heavy atom. The molecule has 1 aromatic carbocycles. The molecule has 3 aromatic rings. The Balaban J connectivity index is 1.61. The first-order valence-corrected chi connectivity index (χ1v) is 9.49. The van der Waals surface area contributed by atoms with Crippen LogP contribution in [0, 0.1) is 5.92 Å². The summed E-state index contributed by atoms with van der Waals surface area (Å²) in [5.74, 6) is 0.429. The van der Waals surface area contributed by atoms with Crippen LogP contribution in [0.1, 0.15) is 18.0 Å². The van der Waals surface area contributed by atoms with E-state index in [1.165, 1.54) is 11.9 Å². The van der Waals surface area contributed by atoms with Gasteiger partial charge in [0.2, 0.25) is 0 Å². The lowest BCUT2D eigenvalue weighted by Crippen LogP contribution is -2.30. The topological polar surface area (TPSA) is 104 Å². The summed E-state index contributed by atoms with van der Waals surface area (Å²) in [6.45, 7) is -0.158. The molecule has 0 radical (unpaired) electrons. The molecule has 136 valence electrons. The van der Waals surface area contributed by atoms with Gasteiger partial charge in [-0.15, -0.1) is 0 Å². The van der Waals surface area contributed by atoms with Gasteiger partial charge in [0.05, 0.1) is 18.5 Å². The summed E-state index contributed by atoms with van der Waals surface area (Å²) in [7, 11) is 0. The highest BCUT2D eigenvalue weighted by atomic mass is 32.2. The molecular weight excluding hydrogens is 352 g/mol. The van der Waals surface area contributed by atoms with Crippen molar-refractivity contribution in [1.82, 2.24) is 19.5 Å². The minimum atomic E-state index is -0.958. The van der Waals surface area contributed by atoms with Crippen LogP contribution in [0.4, 0.5) is 0 Å². The van der Waals surface area contributed by atoms with Gasteiger partial charge in [-0.25, -0.2) is 15.0 Å². The summed E-state index contributed by atoms with van der Waals surface area (Å²) in [4.78, 5) is 13.1. The summed E-state index contributed by atoms with van der Waals surface area (Å²) in [5, 5.41) is 30.6. The maximum absolute atomic E-state index is 10.4. The zero-order valence-corrected chi connectivity index (χ0v) is 14.8. The molecule has 0 aliphatic heterocycles. The van der Waals surface area contributed by atoms with Crippen molar-refractivity contribution in [2.45, 2.75) is 35.4 Å². The first-order chi connectivity index (χ1) is 12.7. The number of hydrogen-bond acceptors (Lipinski definition) is 7. The van der Waals surface area contributed by atoms with Crippen molar-refractivity contribution in [1.29, 1.82) is 0 Å². The Morgan fingerprint density at radius 3 is 2.62 bits per heavy atom. The molecule has 4 rings (SSSR count). The molecule has 1 fully saturated rings. The molecule has 2 heterocycles. The van der Waals surface area contributed by atoms with Crippen LogP contribution in [-0.4, -0.2) is 53.7 Å². The number of aliphatic hydroxyl groups is 3. The van der Waals surface area contributed by atoms with Crippen LogP contribution in [0.15, 0.2) is 48.0 Å². The molecule has 1 aliphatic rings. The van der Waals surface area contributed by atoms with E-state index >= 15 is 0 Å². The third-order valence-corrected chi connectivity index (χ3v) is 5.96. The number of aliphatic hydroxyl groups excluding tert-OH is 3. The van der Waals surface area contributed by atoms with Crippen LogP contribution >= 0.6 is 11.8 Å². The molecule has 0 bridgehead atoms. The number of benzene rings is 1. The maximum atomic E-state index is 10.4. The number of fused-ring (bicyclic) bond motifs is 1. The first kappa shape index (κ1) is 17.4. The average molecular weight is 372 g/mol. The Bertz CT molecular complexity index is 889. The lowest BCUT2D eigenvalue weighted by molar-refractivity contribution is -0.00370. The zero-order chi connectivity index (χ0) is 18.1. The Morgan fingerprint density at radius 2 is 1.88 bits per heavy atom. The molecule has 0 unspecified atom stereocenters. The largest absolute Gasteiger partial charge is 0.396 e. The normalized spacial score (nSPS) is 25.8. The number of rotatable bonds is 5. The molecule has 0 amide bonds. The SMILES string of the molecule is OC[C@H]1C[C@@H](n2cnc3c(SCc4ccccc4)ncnc32)[C@H](O)[C@@H]1O. The number of imidazole rings is 1. The Labute approximate surface area is 154 Å². The average Bonchev–Trinajstić information content (AvgIpc) is 3.23. The molecule has 8 heteroatoms. The van der Waals surface area contributed by atoms with Gasteiger partial charge in [-0.3, -0.25) is 0 Å². The van der Waals surface area contributed by atoms with E-state index in [0.29, 0.717) is 17.6 Å². The van der Waals surface area contributed by atoms with Crippen molar-refractivity contribution in [3.05, 3.63) is 48.5 Å². The fourth-order valence-corrected chi connectivity index (χ4v) is 4.36. The van der Waals surface area contributed by atoms with Crippen LogP contribution in [0.3, 0.4) is 0 Å². The smallest absolute Gasteiger partial charge is 0.164 e. The van der Waals surface area contributed by atoms with E-state index in [1.807, 2.05) is 18.2 Å². The van der Waals surface area contributed by atoms with Crippen molar-refractivity contribution in [2.75, 3.05) is 6.61 Å². The second-order valence-electron chi connectivity index (χ2n) is 6.50. The Hall–Kier alpha value is -2.00. The van der Waals surface area contributed by atoms with Gasteiger partial charge in [0.25, 0.3) is 0 Å². The van der Waals surface area contributed by atoms with E-state index in [2.05, 4.69) is 27.1 Å². The second kappa shape index (κ2) is 7.32. The van der Waals surface area contributed by atoms with E-state index in [4.69, 9.17) is 0 Å². The number of nitrogens with zero attached hydrogens (tertiary/aromatic N) is 4.